The lowest BCUT2D eigenvalue weighted by Crippen LogP contribution is -2.46. The second kappa shape index (κ2) is 11.4. The van der Waals surface area contributed by atoms with E-state index in [0.29, 0.717) is 18.1 Å². The van der Waals surface area contributed by atoms with Gasteiger partial charge in [0.25, 0.3) is 0 Å². The van der Waals surface area contributed by atoms with Crippen LogP contribution in [0.1, 0.15) is 31.4 Å². The molecule has 2 atom stereocenters. The summed E-state index contributed by atoms with van der Waals surface area (Å²) in [6.07, 6.45) is -2.92. The molecule has 1 fully saturated rings. The van der Waals surface area contributed by atoms with E-state index < -0.39 is 12.8 Å². The maximum atomic E-state index is 12.5. The van der Waals surface area contributed by atoms with Crippen LogP contribution in [0.25, 0.3) is 0 Å². The zero-order chi connectivity index (χ0) is 22.1. The first kappa shape index (κ1) is 24.3. The van der Waals surface area contributed by atoms with Gasteiger partial charge in [0.05, 0.1) is 12.2 Å². The Morgan fingerprint density at radius 1 is 1.23 bits per heavy atom. The van der Waals surface area contributed by atoms with Crippen LogP contribution < -0.4 is 15.4 Å². The predicted octanol–water partition coefficient (Wildman–Crippen LogP) is 3.10. The molecular weight excluding hydrogens is 397 g/mol. The number of ether oxygens (including phenoxy) is 2. The van der Waals surface area contributed by atoms with Gasteiger partial charge < -0.3 is 20.1 Å². The van der Waals surface area contributed by atoms with Crippen molar-refractivity contribution < 1.29 is 22.6 Å². The van der Waals surface area contributed by atoms with Gasteiger partial charge >= 0.3 is 6.18 Å². The maximum Gasteiger partial charge on any atom is 0.422 e. The maximum absolute atomic E-state index is 12.5. The number of hydrogen-bond donors (Lipinski definition) is 2. The average molecular weight is 431 g/mol. The number of halogens is 3. The molecular formula is C21H33F3N4O2. The van der Waals surface area contributed by atoms with Gasteiger partial charge in [0.2, 0.25) is 0 Å². The quantitative estimate of drug-likeness (QED) is 0.377. The number of alkyl halides is 3. The van der Waals surface area contributed by atoms with E-state index in [0.717, 1.165) is 38.2 Å². The van der Waals surface area contributed by atoms with Crippen LogP contribution in [-0.2, 0) is 11.3 Å². The minimum absolute atomic E-state index is 0.228. The van der Waals surface area contributed by atoms with E-state index in [9.17, 15) is 13.2 Å². The highest BCUT2D eigenvalue weighted by molar-refractivity contribution is 5.79. The molecule has 0 amide bonds. The van der Waals surface area contributed by atoms with E-state index in [-0.39, 0.29) is 18.0 Å². The van der Waals surface area contributed by atoms with Gasteiger partial charge in [0.15, 0.2) is 12.6 Å². The number of aryl methyl sites for hydroxylation is 1. The van der Waals surface area contributed by atoms with Crippen molar-refractivity contribution in [3.05, 3.63) is 29.3 Å². The minimum atomic E-state index is -4.37. The highest BCUT2D eigenvalue weighted by Crippen LogP contribution is 2.23. The fourth-order valence-corrected chi connectivity index (χ4v) is 3.48. The van der Waals surface area contributed by atoms with Gasteiger partial charge in [0.1, 0.15) is 5.75 Å². The molecule has 9 heteroatoms. The fourth-order valence-electron chi connectivity index (χ4n) is 3.48. The molecule has 1 aromatic rings. The highest BCUT2D eigenvalue weighted by atomic mass is 19.4. The van der Waals surface area contributed by atoms with Crippen LogP contribution in [0.5, 0.6) is 5.75 Å². The van der Waals surface area contributed by atoms with Crippen molar-refractivity contribution in [1.29, 1.82) is 0 Å². The Bertz CT molecular complexity index is 687. The Kier molecular flexibility index (Phi) is 9.23. The van der Waals surface area contributed by atoms with Gasteiger partial charge in [-0.3, -0.25) is 9.89 Å². The second-order valence-corrected chi connectivity index (χ2v) is 7.74. The normalized spacial score (nSPS) is 20.8. The van der Waals surface area contributed by atoms with Gasteiger partial charge in [-0.25, -0.2) is 0 Å². The summed E-state index contributed by atoms with van der Waals surface area (Å²) in [5.74, 6) is 0.826. The van der Waals surface area contributed by atoms with Crippen molar-refractivity contribution in [2.45, 2.75) is 52.1 Å². The Hall–Kier alpha value is -2.00. The number of morpholine rings is 1. The Labute approximate surface area is 176 Å². The summed E-state index contributed by atoms with van der Waals surface area (Å²) < 4.78 is 48.3. The van der Waals surface area contributed by atoms with E-state index in [1.807, 2.05) is 13.0 Å². The topological polar surface area (TPSA) is 58.1 Å². The molecule has 1 aliphatic rings. The summed E-state index contributed by atoms with van der Waals surface area (Å²) in [7, 11) is 1.66. The van der Waals surface area contributed by atoms with E-state index in [1.54, 1.807) is 19.2 Å². The molecule has 1 aliphatic heterocycles. The van der Waals surface area contributed by atoms with E-state index >= 15 is 0 Å². The number of rotatable bonds is 8. The first-order valence-electron chi connectivity index (χ1n) is 10.3. The lowest BCUT2D eigenvalue weighted by atomic mass is 10.1. The van der Waals surface area contributed by atoms with Crippen molar-refractivity contribution in [3.8, 4) is 5.75 Å². The summed E-state index contributed by atoms with van der Waals surface area (Å²) >= 11 is 0. The Morgan fingerprint density at radius 3 is 2.57 bits per heavy atom. The van der Waals surface area contributed by atoms with Crippen molar-refractivity contribution in [1.82, 2.24) is 15.5 Å². The molecule has 0 radical (unpaired) electrons. The third kappa shape index (κ3) is 8.79. The van der Waals surface area contributed by atoms with Gasteiger partial charge in [-0.1, -0.05) is 12.1 Å². The molecule has 0 aromatic heterocycles. The molecule has 30 heavy (non-hydrogen) atoms. The Balaban J connectivity index is 1.78. The molecule has 1 heterocycles. The van der Waals surface area contributed by atoms with Crippen molar-refractivity contribution in [3.63, 3.8) is 0 Å². The van der Waals surface area contributed by atoms with Crippen LogP contribution in [0, 0.1) is 6.92 Å². The summed E-state index contributed by atoms with van der Waals surface area (Å²) in [5.41, 5.74) is 1.48. The molecule has 0 aliphatic carbocycles. The van der Waals surface area contributed by atoms with Crippen LogP contribution >= 0.6 is 0 Å². The zero-order valence-corrected chi connectivity index (χ0v) is 18.2. The fraction of sp³-hybridized carbons (Fsp3) is 0.667. The van der Waals surface area contributed by atoms with E-state index in [2.05, 4.69) is 34.4 Å². The zero-order valence-electron chi connectivity index (χ0n) is 18.2. The van der Waals surface area contributed by atoms with Crippen molar-refractivity contribution >= 4 is 5.96 Å². The third-order valence-electron chi connectivity index (χ3n) is 4.72. The SMILES string of the molecule is CN=C(NCCCN1CC(C)OC(C)C1)NCc1ccc(C)cc1OCC(F)(F)F. The molecule has 0 spiro atoms. The summed E-state index contributed by atoms with van der Waals surface area (Å²) in [4.78, 5) is 6.58. The molecule has 1 aromatic carbocycles. The van der Waals surface area contributed by atoms with Crippen LogP contribution in [-0.4, -0.2) is 69.1 Å². The van der Waals surface area contributed by atoms with E-state index in [4.69, 9.17) is 9.47 Å². The molecule has 1 saturated heterocycles. The van der Waals surface area contributed by atoms with Crippen LogP contribution in [0.4, 0.5) is 13.2 Å². The molecule has 6 nitrogen and oxygen atoms in total. The summed E-state index contributed by atoms with van der Waals surface area (Å²) in [6, 6.07) is 5.23. The standard InChI is InChI=1S/C21H33F3N4O2/c1-15-6-7-18(19(10-15)29-14-21(22,23)24)11-27-20(25-4)26-8-5-9-28-12-16(2)30-17(3)13-28/h6-7,10,16-17H,5,8-9,11-14H2,1-4H3,(H2,25,26,27). The van der Waals surface area contributed by atoms with Crippen molar-refractivity contribution in [2.75, 3.05) is 39.8 Å². The van der Waals surface area contributed by atoms with Crippen LogP contribution in [0.2, 0.25) is 0 Å². The number of aliphatic imine (C=N–C) groups is 1. The van der Waals surface area contributed by atoms with Crippen LogP contribution in [0.15, 0.2) is 23.2 Å². The second-order valence-electron chi connectivity index (χ2n) is 7.74. The number of nitrogens with zero attached hydrogens (tertiary/aromatic N) is 2. The largest absolute Gasteiger partial charge is 0.484 e. The van der Waals surface area contributed by atoms with Gasteiger partial charge in [-0.05, 0) is 38.8 Å². The van der Waals surface area contributed by atoms with Gasteiger partial charge in [-0.2, -0.15) is 13.2 Å². The van der Waals surface area contributed by atoms with Crippen molar-refractivity contribution in [2.24, 2.45) is 4.99 Å². The first-order valence-corrected chi connectivity index (χ1v) is 10.3. The monoisotopic (exact) mass is 430 g/mol. The lowest BCUT2D eigenvalue weighted by Gasteiger charge is -2.35. The van der Waals surface area contributed by atoms with Gasteiger partial charge in [-0.15, -0.1) is 0 Å². The average Bonchev–Trinajstić information content (AvgIpc) is 2.65. The van der Waals surface area contributed by atoms with Crippen LogP contribution in [0.3, 0.4) is 0 Å². The molecule has 2 rings (SSSR count). The van der Waals surface area contributed by atoms with E-state index in [1.165, 1.54) is 0 Å². The number of guanidine groups is 1. The van der Waals surface area contributed by atoms with Gasteiger partial charge in [0, 0.05) is 45.3 Å². The molecule has 0 saturated carbocycles. The molecule has 0 bridgehead atoms. The predicted molar refractivity (Wildman–Crippen MR) is 112 cm³/mol. The number of hydrogen-bond acceptors (Lipinski definition) is 4. The number of benzene rings is 1. The Morgan fingerprint density at radius 2 is 1.93 bits per heavy atom. The smallest absolute Gasteiger partial charge is 0.422 e. The first-order chi connectivity index (χ1) is 14.2. The summed E-state index contributed by atoms with van der Waals surface area (Å²) in [5, 5.41) is 6.39. The lowest BCUT2D eigenvalue weighted by molar-refractivity contribution is -0.153. The molecule has 2 N–H and O–H groups in total. The molecule has 2 unspecified atom stereocenters. The third-order valence-corrected chi connectivity index (χ3v) is 4.72. The molecule has 170 valence electrons. The highest BCUT2D eigenvalue weighted by Gasteiger charge is 2.28. The minimum Gasteiger partial charge on any atom is -0.484 e. The summed E-state index contributed by atoms with van der Waals surface area (Å²) in [6.45, 7) is 8.57. The number of nitrogens with one attached hydrogen (secondary N) is 2.